The highest BCUT2D eigenvalue weighted by Crippen LogP contribution is 2.20. The maximum Gasteiger partial charge on any atom is 0.195 e. The van der Waals surface area contributed by atoms with Crippen molar-refractivity contribution in [2.45, 2.75) is 130 Å². The molecule has 0 saturated heterocycles. The van der Waals surface area contributed by atoms with E-state index >= 15 is 0 Å². The number of fused-ring (bicyclic) bond motifs is 4. The summed E-state index contributed by atoms with van der Waals surface area (Å²) in [5.41, 5.74) is 2.44. The van der Waals surface area contributed by atoms with E-state index in [0.29, 0.717) is 41.7 Å². The largest absolute Gasteiger partial charge is 0.396 e. The number of ether oxygens (including phenoxy) is 1. The van der Waals surface area contributed by atoms with E-state index in [9.17, 15) is 0 Å². The third kappa shape index (κ3) is 22.3. The molecule has 9 aromatic heterocycles. The Morgan fingerprint density at radius 3 is 1.65 bits per heavy atom. The number of aromatic amines is 8. The predicted octanol–water partition coefficient (Wildman–Crippen LogP) is 12.7. The van der Waals surface area contributed by atoms with Gasteiger partial charge >= 0.3 is 0 Å². The standard InChI is InChI=1S/C13H11N3S.C12H15N3OS.C7H7N3S2.C7H11N3S.C6H9N3S.C6H11N3S.C5H7N3OS.C3H5N3S/c17-13-15-14-9-16(13)8-11-6-3-5-10-4-1-2-7-12(10)11;16-8-4-7-11-13-14-12(17)15(11)9-10-5-2-1-3-6-10;11-7-9-8-5-10(7)4-6-2-1-3-12-6;11-7-9-8-6-4-2-1-3-5-10(6)7;10-6-8-7-5-3-1-2-4-9(5)6;1-2-3-4-9-5-7-8-6(9)10;10-5-7-6-4-3-9-2-1-8(4)5;1-6-2-4-5-3(6)7/h1-7,9H,8H2,(H,15,17);1-3,5-6,16H,4,7-9H2,(H,14,17);1-3,5H,4H2,(H,9,11);1-5H2,(H,9,11);1-4H2,(H,8,10);5H,2-4H2,1H3,(H,8,10);1-3H2,(H,7,10);2H,1H3,(H,5,7). The number of aliphatic hydroxyl groups excluding tert-OH is 1. The molecule has 0 bridgehead atoms. The highest BCUT2D eigenvalue weighted by Gasteiger charge is 2.13. The van der Waals surface area contributed by atoms with Gasteiger partial charge in [0.1, 0.15) is 49.4 Å². The lowest BCUT2D eigenvalue weighted by Gasteiger charge is -2.12. The average molecular weight is 1440 g/mol. The second-order valence-electron chi connectivity index (χ2n) is 21.2. The fourth-order valence-electron chi connectivity index (χ4n) is 9.55. The fourth-order valence-corrected chi connectivity index (χ4v) is 11.8. The molecule has 9 N–H and O–H groups in total. The minimum atomic E-state index is 0.172. The van der Waals surface area contributed by atoms with Gasteiger partial charge in [-0.3, -0.25) is 49.9 Å². The van der Waals surface area contributed by atoms with Crippen LogP contribution in [0.2, 0.25) is 0 Å². The number of nitrogens with zero attached hydrogens (tertiary/aromatic N) is 16. The zero-order valence-electron chi connectivity index (χ0n) is 52.0. The van der Waals surface area contributed by atoms with E-state index in [2.05, 4.69) is 164 Å². The van der Waals surface area contributed by atoms with Crippen molar-refractivity contribution >= 4 is 120 Å². The molecule has 3 aliphatic heterocycles. The Kier molecular flexibility index (Phi) is 29.7. The van der Waals surface area contributed by atoms with Gasteiger partial charge in [-0.05, 0) is 170 Å². The summed E-state index contributed by atoms with van der Waals surface area (Å²) < 4.78 is 26.4. The zero-order valence-corrected chi connectivity index (χ0v) is 59.4. The molecule has 0 radical (unpaired) electrons. The molecule has 3 aromatic carbocycles. The molecule has 0 aliphatic carbocycles. The van der Waals surface area contributed by atoms with Crippen LogP contribution in [0.1, 0.15) is 97.6 Å². The van der Waals surface area contributed by atoms with E-state index < -0.39 is 0 Å². The van der Waals surface area contributed by atoms with Gasteiger partial charge in [0.05, 0.1) is 32.8 Å². The Balaban J connectivity index is 0.000000140. The Bertz CT molecular complexity index is 4590. The lowest BCUT2D eigenvalue weighted by Crippen LogP contribution is -2.16. The van der Waals surface area contributed by atoms with Gasteiger partial charge in [0.2, 0.25) is 0 Å². The van der Waals surface area contributed by atoms with E-state index in [1.807, 2.05) is 54.1 Å². The van der Waals surface area contributed by atoms with Gasteiger partial charge in [-0.25, -0.2) is 0 Å². The summed E-state index contributed by atoms with van der Waals surface area (Å²) in [5, 5.41) is 67.0. The number of unbranched alkanes of at least 4 members (excludes halogenated alkanes) is 1. The van der Waals surface area contributed by atoms with Crippen LogP contribution in [0.25, 0.3) is 10.8 Å². The van der Waals surface area contributed by atoms with Gasteiger partial charge in [0.15, 0.2) is 44.0 Å². The van der Waals surface area contributed by atoms with Crippen LogP contribution in [0.4, 0.5) is 0 Å². The molecule has 0 saturated carbocycles. The van der Waals surface area contributed by atoms with E-state index in [-0.39, 0.29) is 6.61 Å². The maximum atomic E-state index is 8.84. The molecule has 3 aliphatic rings. The molecule has 15 rings (SSSR count). The van der Waals surface area contributed by atoms with Crippen LogP contribution in [0, 0.1) is 38.2 Å². The predicted molar refractivity (Wildman–Crippen MR) is 383 cm³/mol. The molecule has 498 valence electrons. The van der Waals surface area contributed by atoms with Gasteiger partial charge in [-0.15, -0.1) is 11.3 Å². The van der Waals surface area contributed by atoms with Crippen LogP contribution in [0.5, 0.6) is 0 Å². The highest BCUT2D eigenvalue weighted by atomic mass is 32.1. The number of nitrogens with one attached hydrogen (secondary N) is 8. The molecule has 0 fully saturated rings. The number of aliphatic hydroxyl groups is 1. The van der Waals surface area contributed by atoms with Crippen molar-refractivity contribution in [2.75, 3.05) is 13.2 Å². The number of rotatable bonds is 12. The summed E-state index contributed by atoms with van der Waals surface area (Å²) in [7, 11) is 1.84. The maximum absolute atomic E-state index is 8.84. The number of hydrogen-bond acceptors (Lipinski definition) is 19. The molecule has 35 heteroatoms. The molecule has 94 heavy (non-hydrogen) atoms. The van der Waals surface area contributed by atoms with Crippen LogP contribution in [0.3, 0.4) is 0 Å². The first-order valence-corrected chi connectivity index (χ1v) is 34.6. The Morgan fingerprint density at radius 1 is 0.511 bits per heavy atom. The van der Waals surface area contributed by atoms with Gasteiger partial charge in [0, 0.05) is 57.4 Å². The van der Waals surface area contributed by atoms with E-state index in [4.69, 9.17) is 108 Å². The van der Waals surface area contributed by atoms with Crippen molar-refractivity contribution in [3.8, 4) is 0 Å². The monoisotopic (exact) mass is 1440 g/mol. The topological polar surface area (TPSA) is 298 Å². The zero-order chi connectivity index (χ0) is 66.4. The van der Waals surface area contributed by atoms with Gasteiger partial charge in [-0.1, -0.05) is 98.6 Å². The first kappa shape index (κ1) is 72.3. The smallest absolute Gasteiger partial charge is 0.195 e. The van der Waals surface area contributed by atoms with Crippen LogP contribution in [0.15, 0.2) is 116 Å². The molecular weight excluding hydrogens is 1370 g/mol. The summed E-state index contributed by atoms with van der Waals surface area (Å²) in [5.74, 6) is 4.05. The second-order valence-corrected chi connectivity index (χ2v) is 25.4. The summed E-state index contributed by atoms with van der Waals surface area (Å²) >= 11 is 41.8. The molecule has 0 unspecified atom stereocenters. The number of hydrogen-bond donors (Lipinski definition) is 9. The highest BCUT2D eigenvalue weighted by molar-refractivity contribution is 7.72. The van der Waals surface area contributed by atoms with Gasteiger partial charge < -0.3 is 37.2 Å². The van der Waals surface area contributed by atoms with E-state index in [0.717, 1.165) is 111 Å². The average Bonchev–Trinajstić information content (AvgIpc) is 1.51. The first-order valence-electron chi connectivity index (χ1n) is 30.4. The molecule has 26 nitrogen and oxygen atoms in total. The molecule has 12 aromatic rings. The van der Waals surface area contributed by atoms with Crippen molar-refractivity contribution < 1.29 is 9.84 Å². The summed E-state index contributed by atoms with van der Waals surface area (Å²) in [4.78, 5) is 1.28. The van der Waals surface area contributed by atoms with Crippen molar-refractivity contribution in [1.82, 2.24) is 118 Å². The van der Waals surface area contributed by atoms with Crippen molar-refractivity contribution in [3.05, 3.63) is 193 Å². The molecule has 0 amide bonds. The van der Waals surface area contributed by atoms with Crippen molar-refractivity contribution in [2.24, 2.45) is 7.05 Å². The quantitative estimate of drug-likeness (QED) is 0.0514. The van der Waals surface area contributed by atoms with E-state index in [1.54, 1.807) is 41.2 Å². The van der Waals surface area contributed by atoms with Crippen LogP contribution >= 0.6 is 109 Å². The van der Waals surface area contributed by atoms with Gasteiger partial charge in [-0.2, -0.15) is 40.8 Å². The summed E-state index contributed by atoms with van der Waals surface area (Å²) in [6.45, 7) is 9.81. The SMILES string of the molecule is CCCCn1cn[nH]c1=S.Cn1cn[nH]c1=S.OCCCc1n[nH]c(=S)n1Cc1ccccc1.S=c1[nH]nc2n1CCCC2.S=c1[nH]nc2n1CCCCC2.S=c1[nH]nc2n1CCOC2.S=c1[nH]ncn1Cc1cccc2ccccc12.S=c1[nH]ncn1Cc1cccs1. The summed E-state index contributed by atoms with van der Waals surface area (Å²) in [6.07, 6.45) is 19.0. The normalized spacial score (nSPS) is 12.6. The number of H-pyrrole nitrogens is 8. The van der Waals surface area contributed by atoms with E-state index in [1.165, 1.54) is 65.3 Å². The van der Waals surface area contributed by atoms with Crippen LogP contribution in [-0.2, 0) is 83.5 Å². The Morgan fingerprint density at radius 2 is 1.07 bits per heavy atom. The number of aromatic nitrogens is 24. The lowest BCUT2D eigenvalue weighted by atomic mass is 10.0. The van der Waals surface area contributed by atoms with Crippen molar-refractivity contribution in [1.29, 1.82) is 0 Å². The van der Waals surface area contributed by atoms with Crippen LogP contribution < -0.4 is 0 Å². The second kappa shape index (κ2) is 38.7. The van der Waals surface area contributed by atoms with Gasteiger partial charge in [0.25, 0.3) is 0 Å². The number of benzene rings is 3. The number of aryl methyl sites for hydroxylation is 5. The van der Waals surface area contributed by atoms with Crippen LogP contribution in [-0.4, -0.2) is 136 Å². The summed E-state index contributed by atoms with van der Waals surface area (Å²) in [6, 6.07) is 28.9. The molecule has 0 spiro atoms. The Labute approximate surface area is 586 Å². The Hall–Kier alpha value is -7.58. The molecular formula is C59H76N24O2S9. The first-order chi connectivity index (χ1) is 45.8. The fraction of sp³-hybridized carbons (Fsp3) is 0.390. The minimum absolute atomic E-state index is 0.172. The third-order valence-electron chi connectivity index (χ3n) is 14.5. The molecule has 0 atom stereocenters. The lowest BCUT2D eigenvalue weighted by molar-refractivity contribution is 0.0811. The number of thiophene rings is 1. The molecule has 12 heterocycles. The van der Waals surface area contributed by atoms with Crippen molar-refractivity contribution in [3.63, 3.8) is 0 Å². The minimum Gasteiger partial charge on any atom is -0.396 e. The third-order valence-corrected chi connectivity index (χ3v) is 18.0.